The van der Waals surface area contributed by atoms with Crippen LogP contribution in [0.1, 0.15) is 5.56 Å². The Bertz CT molecular complexity index is 346. The van der Waals surface area contributed by atoms with Crippen molar-refractivity contribution in [2.24, 2.45) is 5.10 Å². The van der Waals surface area contributed by atoms with E-state index in [1.165, 1.54) is 4.90 Å². The van der Waals surface area contributed by atoms with Gasteiger partial charge in [0.2, 0.25) is 0 Å². The zero-order valence-corrected chi connectivity index (χ0v) is 10.3. The van der Waals surface area contributed by atoms with Gasteiger partial charge in [-0.2, -0.15) is 5.10 Å². The van der Waals surface area contributed by atoms with Gasteiger partial charge in [0.25, 0.3) is 0 Å². The molecule has 0 spiro atoms. The minimum atomic E-state index is 0.506. The molecule has 0 aliphatic heterocycles. The molecule has 5 heteroatoms. The van der Waals surface area contributed by atoms with Crippen LogP contribution < -0.4 is 10.7 Å². The molecule has 15 heavy (non-hydrogen) atoms. The van der Waals surface area contributed by atoms with Gasteiger partial charge in [-0.05, 0) is 36.2 Å². The lowest BCUT2D eigenvalue weighted by Crippen LogP contribution is -2.28. The summed E-state index contributed by atoms with van der Waals surface area (Å²) in [5, 5.41) is 7.26. The van der Waals surface area contributed by atoms with Crippen molar-refractivity contribution in [3.8, 4) is 0 Å². The van der Waals surface area contributed by atoms with Crippen molar-refractivity contribution in [3.05, 3.63) is 29.8 Å². The highest BCUT2D eigenvalue weighted by Crippen LogP contribution is 2.13. The zero-order valence-electron chi connectivity index (χ0n) is 8.65. The summed E-state index contributed by atoms with van der Waals surface area (Å²) in [5.41, 5.74) is 3.73. The van der Waals surface area contributed by atoms with E-state index in [9.17, 15) is 0 Å². The molecule has 1 aromatic carbocycles. The maximum absolute atomic E-state index is 4.87. The number of hydrogen-bond donors (Lipinski definition) is 2. The lowest BCUT2D eigenvalue weighted by atomic mass is 10.2. The molecule has 0 radical (unpaired) electrons. The van der Waals surface area contributed by atoms with E-state index >= 15 is 0 Å². The number of hydrazone groups is 1. The molecule has 0 aromatic heterocycles. The molecule has 0 bridgehead atoms. The number of hydrogen-bond acceptors (Lipinski definition) is 3. The highest BCUT2D eigenvalue weighted by molar-refractivity contribution is 7.98. The van der Waals surface area contributed by atoms with Crippen LogP contribution in [0.2, 0.25) is 0 Å². The molecule has 0 atom stereocenters. The molecule has 0 saturated heterocycles. The van der Waals surface area contributed by atoms with Crippen molar-refractivity contribution in [1.82, 2.24) is 10.7 Å². The Balaban J connectivity index is 2.53. The van der Waals surface area contributed by atoms with Gasteiger partial charge in [0.15, 0.2) is 5.11 Å². The minimum absolute atomic E-state index is 0.506. The minimum Gasteiger partial charge on any atom is -0.364 e. The maximum Gasteiger partial charge on any atom is 0.186 e. The molecule has 1 rings (SSSR count). The Morgan fingerprint density at radius 1 is 1.40 bits per heavy atom. The van der Waals surface area contributed by atoms with E-state index in [2.05, 4.69) is 34.2 Å². The summed E-state index contributed by atoms with van der Waals surface area (Å²) in [6, 6.07) is 8.14. The quantitative estimate of drug-likeness (QED) is 0.365. The number of nitrogens with zero attached hydrogens (tertiary/aromatic N) is 1. The van der Waals surface area contributed by atoms with Gasteiger partial charge in [-0.15, -0.1) is 11.8 Å². The van der Waals surface area contributed by atoms with Crippen molar-refractivity contribution in [3.63, 3.8) is 0 Å². The van der Waals surface area contributed by atoms with Crippen LogP contribution in [0, 0.1) is 0 Å². The van der Waals surface area contributed by atoms with E-state index in [0.717, 1.165) is 5.56 Å². The summed E-state index contributed by atoms with van der Waals surface area (Å²) >= 11 is 6.59. The van der Waals surface area contributed by atoms with Gasteiger partial charge < -0.3 is 5.32 Å². The number of nitrogens with one attached hydrogen (secondary N) is 2. The first-order valence-electron chi connectivity index (χ1n) is 4.41. The van der Waals surface area contributed by atoms with Gasteiger partial charge >= 0.3 is 0 Å². The summed E-state index contributed by atoms with van der Waals surface area (Å²) in [5.74, 6) is 0. The average molecular weight is 239 g/mol. The van der Waals surface area contributed by atoms with E-state index in [4.69, 9.17) is 12.2 Å². The normalized spacial score (nSPS) is 10.3. The van der Waals surface area contributed by atoms with Gasteiger partial charge in [0.05, 0.1) is 6.21 Å². The average Bonchev–Trinajstić information content (AvgIpc) is 2.29. The standard InChI is InChI=1S/C10H13N3S2/c1-11-10(14)13-12-7-8-3-5-9(15-2)6-4-8/h3-7H,1-2H3,(H2,11,13,14)/b12-7-. The van der Waals surface area contributed by atoms with Crippen LogP contribution in [0.15, 0.2) is 34.3 Å². The molecule has 0 fully saturated rings. The third-order valence-corrected chi connectivity index (χ3v) is 2.76. The first-order chi connectivity index (χ1) is 7.26. The molecule has 0 amide bonds. The van der Waals surface area contributed by atoms with Crippen molar-refractivity contribution >= 4 is 35.3 Å². The van der Waals surface area contributed by atoms with E-state index in [1.807, 2.05) is 12.1 Å². The fourth-order valence-electron chi connectivity index (χ4n) is 0.911. The largest absolute Gasteiger partial charge is 0.364 e. The molecule has 1 aromatic rings. The highest BCUT2D eigenvalue weighted by atomic mass is 32.2. The Hall–Kier alpha value is -1.07. The van der Waals surface area contributed by atoms with Crippen molar-refractivity contribution in [1.29, 1.82) is 0 Å². The Kier molecular flexibility index (Phi) is 5.14. The monoisotopic (exact) mass is 239 g/mol. The van der Waals surface area contributed by atoms with Gasteiger partial charge in [0, 0.05) is 11.9 Å². The van der Waals surface area contributed by atoms with E-state index in [1.54, 1.807) is 25.0 Å². The van der Waals surface area contributed by atoms with Gasteiger partial charge in [-0.3, -0.25) is 5.43 Å². The van der Waals surface area contributed by atoms with E-state index < -0.39 is 0 Å². The maximum atomic E-state index is 4.87. The SMILES string of the molecule is CNC(=S)N/N=C\c1ccc(SC)cc1. The molecule has 0 heterocycles. The summed E-state index contributed by atoms with van der Waals surface area (Å²) in [7, 11) is 1.75. The molecule has 0 saturated carbocycles. The molecule has 3 nitrogen and oxygen atoms in total. The Morgan fingerprint density at radius 3 is 2.60 bits per heavy atom. The fraction of sp³-hybridized carbons (Fsp3) is 0.200. The lowest BCUT2D eigenvalue weighted by Gasteiger charge is -2.00. The van der Waals surface area contributed by atoms with Crippen LogP contribution in [-0.4, -0.2) is 24.6 Å². The summed E-state index contributed by atoms with van der Waals surface area (Å²) < 4.78 is 0. The predicted molar refractivity (Wildman–Crippen MR) is 70.6 cm³/mol. The Labute approximate surface area is 99.3 Å². The molecule has 0 aliphatic carbocycles. The number of thiocarbonyl (C=S) groups is 1. The number of rotatable bonds is 3. The number of thioether (sulfide) groups is 1. The summed E-state index contributed by atoms with van der Waals surface area (Å²) in [6.07, 6.45) is 3.78. The lowest BCUT2D eigenvalue weighted by molar-refractivity contribution is 0.982. The topological polar surface area (TPSA) is 36.4 Å². The van der Waals surface area contributed by atoms with Crippen LogP contribution in [0.25, 0.3) is 0 Å². The van der Waals surface area contributed by atoms with Gasteiger partial charge in [-0.1, -0.05) is 12.1 Å². The second-order valence-electron chi connectivity index (χ2n) is 2.72. The van der Waals surface area contributed by atoms with Crippen LogP contribution in [0.3, 0.4) is 0 Å². The predicted octanol–water partition coefficient (Wildman–Crippen LogP) is 1.84. The molecule has 2 N–H and O–H groups in total. The van der Waals surface area contributed by atoms with Crippen LogP contribution in [-0.2, 0) is 0 Å². The van der Waals surface area contributed by atoms with E-state index in [0.29, 0.717) is 5.11 Å². The molecule has 80 valence electrons. The Morgan fingerprint density at radius 2 is 2.07 bits per heavy atom. The van der Waals surface area contributed by atoms with Gasteiger partial charge in [0.1, 0.15) is 0 Å². The van der Waals surface area contributed by atoms with Crippen molar-refractivity contribution in [2.45, 2.75) is 4.90 Å². The van der Waals surface area contributed by atoms with Crippen LogP contribution in [0.4, 0.5) is 0 Å². The summed E-state index contributed by atoms with van der Waals surface area (Å²) in [4.78, 5) is 1.24. The molecule has 0 aliphatic rings. The third kappa shape index (κ3) is 4.31. The zero-order chi connectivity index (χ0) is 11.1. The first kappa shape index (κ1) is 12.0. The van der Waals surface area contributed by atoms with Crippen LogP contribution >= 0.6 is 24.0 Å². The van der Waals surface area contributed by atoms with Crippen molar-refractivity contribution in [2.75, 3.05) is 13.3 Å². The highest BCUT2D eigenvalue weighted by Gasteiger charge is 1.90. The fourth-order valence-corrected chi connectivity index (χ4v) is 1.37. The molecular formula is C10H13N3S2. The second-order valence-corrected chi connectivity index (χ2v) is 4.01. The van der Waals surface area contributed by atoms with Crippen LogP contribution in [0.5, 0.6) is 0 Å². The van der Waals surface area contributed by atoms with E-state index in [-0.39, 0.29) is 0 Å². The third-order valence-electron chi connectivity index (χ3n) is 1.72. The van der Waals surface area contributed by atoms with Crippen molar-refractivity contribution < 1.29 is 0 Å². The summed E-state index contributed by atoms with van der Waals surface area (Å²) in [6.45, 7) is 0. The molecule has 0 unspecified atom stereocenters. The number of benzene rings is 1. The molecular weight excluding hydrogens is 226 g/mol. The van der Waals surface area contributed by atoms with Gasteiger partial charge in [-0.25, -0.2) is 0 Å². The smallest absolute Gasteiger partial charge is 0.186 e. The first-order valence-corrected chi connectivity index (χ1v) is 6.04. The second kappa shape index (κ2) is 6.42.